The Morgan fingerprint density at radius 3 is 2.12 bits per heavy atom. The van der Waals surface area contributed by atoms with Crippen LogP contribution >= 0.6 is 0 Å². The number of halogens is 3. The Hall–Kier alpha value is -1.23. The van der Waals surface area contributed by atoms with Crippen molar-refractivity contribution in [1.82, 2.24) is 0 Å². The van der Waals surface area contributed by atoms with Crippen LogP contribution in [-0.2, 0) is 0 Å². The second-order valence-electron chi connectivity index (χ2n) is 3.74. The van der Waals surface area contributed by atoms with Crippen molar-refractivity contribution in [1.29, 1.82) is 0 Å². The van der Waals surface area contributed by atoms with E-state index in [2.05, 4.69) is 0 Å². The fourth-order valence-corrected chi connectivity index (χ4v) is 1.47. The van der Waals surface area contributed by atoms with Gasteiger partial charge in [-0.15, -0.1) is 0 Å². The lowest BCUT2D eigenvalue weighted by Crippen LogP contribution is -2.48. The molecule has 1 unspecified atom stereocenters. The molecular formula is C11H15F3N2. The number of alkyl halides is 3. The van der Waals surface area contributed by atoms with Crippen molar-refractivity contribution < 1.29 is 13.2 Å². The summed E-state index contributed by atoms with van der Waals surface area (Å²) < 4.78 is 37.8. The summed E-state index contributed by atoms with van der Waals surface area (Å²) in [4.78, 5) is 1.15. The summed E-state index contributed by atoms with van der Waals surface area (Å²) in [7, 11) is 1.40. The van der Waals surface area contributed by atoms with E-state index in [4.69, 9.17) is 5.73 Å². The van der Waals surface area contributed by atoms with Gasteiger partial charge in [0.1, 0.15) is 6.04 Å². The van der Waals surface area contributed by atoms with E-state index < -0.39 is 18.8 Å². The van der Waals surface area contributed by atoms with Crippen molar-refractivity contribution >= 4 is 5.69 Å². The largest absolute Gasteiger partial charge is 0.409 e. The van der Waals surface area contributed by atoms with Crippen LogP contribution in [-0.4, -0.2) is 25.8 Å². The van der Waals surface area contributed by atoms with E-state index in [1.807, 2.05) is 6.92 Å². The third kappa shape index (κ3) is 2.88. The van der Waals surface area contributed by atoms with Crippen LogP contribution in [0.5, 0.6) is 0 Å². The first-order chi connectivity index (χ1) is 7.36. The molecule has 5 heteroatoms. The van der Waals surface area contributed by atoms with Crippen molar-refractivity contribution in [3.8, 4) is 0 Å². The average molecular weight is 232 g/mol. The highest BCUT2D eigenvalue weighted by molar-refractivity contribution is 5.48. The molecule has 0 aromatic heterocycles. The summed E-state index contributed by atoms with van der Waals surface area (Å²) in [5.74, 6) is 0. The molecule has 1 aromatic rings. The van der Waals surface area contributed by atoms with Crippen molar-refractivity contribution in [3.63, 3.8) is 0 Å². The van der Waals surface area contributed by atoms with Gasteiger partial charge >= 0.3 is 6.18 Å². The molecule has 16 heavy (non-hydrogen) atoms. The SMILES string of the molecule is Cc1ccc(N(C)C(CN)C(F)(F)F)cc1. The fraction of sp³-hybridized carbons (Fsp3) is 0.455. The molecule has 90 valence electrons. The molecule has 0 heterocycles. The Labute approximate surface area is 92.9 Å². The monoisotopic (exact) mass is 232 g/mol. The predicted molar refractivity (Wildman–Crippen MR) is 58.5 cm³/mol. The standard InChI is InChI=1S/C11H15F3N2/c1-8-3-5-9(6-4-8)16(2)10(7-15)11(12,13)14/h3-6,10H,7,15H2,1-2H3. The maximum Gasteiger partial charge on any atom is 0.409 e. The Bertz CT molecular complexity index is 332. The van der Waals surface area contributed by atoms with Crippen molar-refractivity contribution in [2.45, 2.75) is 19.1 Å². The fourth-order valence-electron chi connectivity index (χ4n) is 1.47. The summed E-state index contributed by atoms with van der Waals surface area (Å²) in [6, 6.07) is 5.22. The zero-order valence-electron chi connectivity index (χ0n) is 9.25. The summed E-state index contributed by atoms with van der Waals surface area (Å²) in [6.07, 6.45) is -4.31. The van der Waals surface area contributed by atoms with Crippen LogP contribution in [0.3, 0.4) is 0 Å². The number of hydrogen-bond acceptors (Lipinski definition) is 2. The molecule has 0 saturated carbocycles. The molecule has 0 bridgehead atoms. The second kappa shape index (κ2) is 4.74. The number of anilines is 1. The zero-order valence-corrected chi connectivity index (χ0v) is 9.25. The highest BCUT2D eigenvalue weighted by atomic mass is 19.4. The summed E-state index contributed by atoms with van der Waals surface area (Å²) in [5.41, 5.74) is 6.69. The molecule has 0 aliphatic rings. The third-order valence-corrected chi connectivity index (χ3v) is 2.51. The lowest BCUT2D eigenvalue weighted by molar-refractivity contribution is -0.145. The molecule has 0 aliphatic carbocycles. The topological polar surface area (TPSA) is 29.3 Å². The summed E-state index contributed by atoms with van der Waals surface area (Å²) in [5, 5.41) is 0. The Balaban J connectivity index is 2.91. The Morgan fingerprint density at radius 2 is 1.75 bits per heavy atom. The van der Waals surface area contributed by atoms with E-state index in [0.717, 1.165) is 10.5 Å². The molecule has 0 saturated heterocycles. The first-order valence-electron chi connectivity index (χ1n) is 4.92. The highest BCUT2D eigenvalue weighted by Crippen LogP contribution is 2.27. The predicted octanol–water partition coefficient (Wildman–Crippen LogP) is 2.32. The van der Waals surface area contributed by atoms with Crippen LogP contribution in [0.2, 0.25) is 0 Å². The smallest absolute Gasteiger partial charge is 0.362 e. The third-order valence-electron chi connectivity index (χ3n) is 2.51. The number of benzene rings is 1. The minimum atomic E-state index is -4.31. The van der Waals surface area contributed by atoms with Gasteiger partial charge < -0.3 is 10.6 Å². The quantitative estimate of drug-likeness (QED) is 0.866. The number of likely N-dealkylation sites (N-methyl/N-ethyl adjacent to an activating group) is 1. The van der Waals surface area contributed by atoms with Crippen LogP contribution in [0.1, 0.15) is 5.56 Å². The summed E-state index contributed by atoms with van der Waals surface area (Å²) >= 11 is 0. The number of rotatable bonds is 3. The van der Waals surface area contributed by atoms with Crippen LogP contribution in [0.25, 0.3) is 0 Å². The van der Waals surface area contributed by atoms with Gasteiger partial charge in [0.05, 0.1) is 0 Å². The van der Waals surface area contributed by atoms with Crippen molar-refractivity contribution in [3.05, 3.63) is 29.8 Å². The van der Waals surface area contributed by atoms with E-state index >= 15 is 0 Å². The van der Waals surface area contributed by atoms with Gasteiger partial charge in [-0.1, -0.05) is 17.7 Å². The zero-order chi connectivity index (χ0) is 12.3. The van der Waals surface area contributed by atoms with Gasteiger partial charge in [0, 0.05) is 19.3 Å². The molecule has 1 aromatic carbocycles. The van der Waals surface area contributed by atoms with E-state index in [1.165, 1.54) is 7.05 Å². The van der Waals surface area contributed by atoms with Gasteiger partial charge in [-0.05, 0) is 19.1 Å². The molecule has 2 N–H and O–H groups in total. The molecule has 0 aliphatic heterocycles. The molecule has 1 atom stereocenters. The highest BCUT2D eigenvalue weighted by Gasteiger charge is 2.41. The van der Waals surface area contributed by atoms with E-state index in [-0.39, 0.29) is 0 Å². The van der Waals surface area contributed by atoms with Crippen LogP contribution in [0.4, 0.5) is 18.9 Å². The van der Waals surface area contributed by atoms with Gasteiger partial charge in [0.25, 0.3) is 0 Å². The Morgan fingerprint density at radius 1 is 1.25 bits per heavy atom. The van der Waals surface area contributed by atoms with E-state index in [9.17, 15) is 13.2 Å². The Kier molecular flexibility index (Phi) is 3.80. The van der Waals surface area contributed by atoms with Crippen LogP contribution < -0.4 is 10.6 Å². The van der Waals surface area contributed by atoms with Gasteiger partial charge in [0.15, 0.2) is 0 Å². The maximum atomic E-state index is 12.6. The van der Waals surface area contributed by atoms with Crippen LogP contribution in [0, 0.1) is 6.92 Å². The van der Waals surface area contributed by atoms with Gasteiger partial charge in [-0.3, -0.25) is 0 Å². The minimum Gasteiger partial charge on any atom is -0.362 e. The van der Waals surface area contributed by atoms with Crippen molar-refractivity contribution in [2.75, 3.05) is 18.5 Å². The lowest BCUT2D eigenvalue weighted by Gasteiger charge is -2.30. The lowest BCUT2D eigenvalue weighted by atomic mass is 10.2. The number of nitrogens with zero attached hydrogens (tertiary/aromatic N) is 1. The molecular weight excluding hydrogens is 217 g/mol. The van der Waals surface area contributed by atoms with Crippen LogP contribution in [0.15, 0.2) is 24.3 Å². The number of hydrogen-bond donors (Lipinski definition) is 1. The van der Waals surface area contributed by atoms with Gasteiger partial charge in [0.2, 0.25) is 0 Å². The molecule has 0 fully saturated rings. The molecule has 0 radical (unpaired) electrons. The average Bonchev–Trinajstić information content (AvgIpc) is 2.17. The first-order valence-corrected chi connectivity index (χ1v) is 4.92. The van der Waals surface area contributed by atoms with E-state index in [1.54, 1.807) is 24.3 Å². The molecule has 0 amide bonds. The second-order valence-corrected chi connectivity index (χ2v) is 3.74. The molecule has 0 spiro atoms. The normalized spacial score (nSPS) is 13.6. The minimum absolute atomic E-state index is 0.451. The molecule has 2 nitrogen and oxygen atoms in total. The number of nitrogens with two attached hydrogens (primary N) is 1. The summed E-state index contributed by atoms with van der Waals surface area (Å²) in [6.45, 7) is 1.43. The van der Waals surface area contributed by atoms with Crippen molar-refractivity contribution in [2.24, 2.45) is 5.73 Å². The maximum absolute atomic E-state index is 12.6. The number of aryl methyl sites for hydroxylation is 1. The first kappa shape index (κ1) is 12.8. The van der Waals surface area contributed by atoms with Gasteiger partial charge in [-0.25, -0.2) is 0 Å². The molecule has 1 rings (SSSR count). The van der Waals surface area contributed by atoms with E-state index in [0.29, 0.717) is 5.69 Å². The van der Waals surface area contributed by atoms with Gasteiger partial charge in [-0.2, -0.15) is 13.2 Å².